The number of hydrogen-bond acceptors (Lipinski definition) is 4. The number of nitrogens with zero attached hydrogens (tertiary/aromatic N) is 2. The second-order valence-corrected chi connectivity index (χ2v) is 6.34. The number of nitrogens with one attached hydrogen (secondary N) is 1. The standard InChI is InChI=1S/C21H13N3O3/c25-21(26)11-8-9-16-17(10-11)23-20(22-16)15-7-3-6-14-18(15)12-4-1-2-5-13(12)19(14)24-27/h1-10,27H,(H,22,23)(H,25,26). The first-order valence-electron chi connectivity index (χ1n) is 8.36. The van der Waals surface area contributed by atoms with Crippen LogP contribution in [0.1, 0.15) is 21.5 Å². The highest BCUT2D eigenvalue weighted by Gasteiger charge is 2.28. The van der Waals surface area contributed by atoms with Crippen LogP contribution in [0.2, 0.25) is 0 Å². The summed E-state index contributed by atoms with van der Waals surface area (Å²) < 4.78 is 0. The van der Waals surface area contributed by atoms with E-state index in [2.05, 4.69) is 15.1 Å². The number of hydrogen-bond donors (Lipinski definition) is 3. The summed E-state index contributed by atoms with van der Waals surface area (Å²) in [6.45, 7) is 0. The van der Waals surface area contributed by atoms with Crippen molar-refractivity contribution in [3.63, 3.8) is 0 Å². The van der Waals surface area contributed by atoms with E-state index >= 15 is 0 Å². The number of fused-ring (bicyclic) bond motifs is 4. The van der Waals surface area contributed by atoms with E-state index in [0.29, 0.717) is 22.6 Å². The van der Waals surface area contributed by atoms with Gasteiger partial charge < -0.3 is 15.3 Å². The Labute approximate surface area is 153 Å². The first-order chi connectivity index (χ1) is 13.2. The number of carboxylic acid groups (broad SMARTS) is 1. The average Bonchev–Trinajstić information content (AvgIpc) is 3.25. The Morgan fingerprint density at radius 3 is 2.44 bits per heavy atom. The van der Waals surface area contributed by atoms with Gasteiger partial charge in [0.05, 0.1) is 16.6 Å². The molecule has 0 amide bonds. The van der Waals surface area contributed by atoms with Gasteiger partial charge in [0.1, 0.15) is 11.5 Å². The Morgan fingerprint density at radius 2 is 1.67 bits per heavy atom. The number of rotatable bonds is 2. The summed E-state index contributed by atoms with van der Waals surface area (Å²) in [5.74, 6) is -0.343. The molecule has 1 aromatic heterocycles. The van der Waals surface area contributed by atoms with Crippen molar-refractivity contribution < 1.29 is 15.1 Å². The fourth-order valence-electron chi connectivity index (χ4n) is 3.67. The van der Waals surface area contributed by atoms with E-state index in [1.807, 2.05) is 42.5 Å². The topological polar surface area (TPSA) is 98.6 Å². The molecule has 27 heavy (non-hydrogen) atoms. The second kappa shape index (κ2) is 5.54. The Bertz CT molecular complexity index is 1270. The van der Waals surface area contributed by atoms with Gasteiger partial charge in [0.2, 0.25) is 0 Å². The van der Waals surface area contributed by atoms with Gasteiger partial charge in [0.25, 0.3) is 0 Å². The van der Waals surface area contributed by atoms with E-state index in [9.17, 15) is 15.1 Å². The van der Waals surface area contributed by atoms with Crippen molar-refractivity contribution in [2.24, 2.45) is 5.16 Å². The van der Waals surface area contributed by atoms with Crippen LogP contribution in [0.15, 0.2) is 65.8 Å². The Kier molecular flexibility index (Phi) is 3.14. The molecule has 1 heterocycles. The number of aromatic nitrogens is 2. The largest absolute Gasteiger partial charge is 0.478 e. The van der Waals surface area contributed by atoms with Crippen LogP contribution in [-0.4, -0.2) is 32.0 Å². The minimum Gasteiger partial charge on any atom is -0.478 e. The van der Waals surface area contributed by atoms with Gasteiger partial charge in [0.15, 0.2) is 0 Å². The van der Waals surface area contributed by atoms with Crippen molar-refractivity contribution in [2.45, 2.75) is 0 Å². The zero-order chi connectivity index (χ0) is 18.5. The molecule has 1 aliphatic carbocycles. The van der Waals surface area contributed by atoms with Crippen molar-refractivity contribution >= 4 is 22.7 Å². The highest BCUT2D eigenvalue weighted by atomic mass is 16.4. The Balaban J connectivity index is 1.77. The van der Waals surface area contributed by atoms with E-state index in [-0.39, 0.29) is 5.56 Å². The van der Waals surface area contributed by atoms with Gasteiger partial charge >= 0.3 is 5.97 Å². The van der Waals surface area contributed by atoms with Gasteiger partial charge in [0, 0.05) is 22.3 Å². The van der Waals surface area contributed by atoms with E-state index in [4.69, 9.17) is 0 Å². The fourth-order valence-corrected chi connectivity index (χ4v) is 3.67. The lowest BCUT2D eigenvalue weighted by Crippen LogP contribution is -1.97. The van der Waals surface area contributed by atoms with Crippen molar-refractivity contribution in [3.8, 4) is 22.5 Å². The van der Waals surface area contributed by atoms with Crippen LogP contribution in [0.3, 0.4) is 0 Å². The number of benzene rings is 3. The van der Waals surface area contributed by atoms with Gasteiger partial charge in [-0.2, -0.15) is 0 Å². The molecule has 1 aliphatic rings. The van der Waals surface area contributed by atoms with Crippen LogP contribution in [0.25, 0.3) is 33.5 Å². The monoisotopic (exact) mass is 355 g/mol. The molecule has 0 fully saturated rings. The van der Waals surface area contributed by atoms with Gasteiger partial charge in [-0.05, 0) is 23.8 Å². The number of oxime groups is 1. The second-order valence-electron chi connectivity index (χ2n) is 6.34. The number of carboxylic acids is 1. The van der Waals surface area contributed by atoms with Gasteiger partial charge in [-0.3, -0.25) is 0 Å². The summed E-state index contributed by atoms with van der Waals surface area (Å²) in [6, 6.07) is 18.3. The summed E-state index contributed by atoms with van der Waals surface area (Å²) in [5.41, 5.74) is 6.57. The van der Waals surface area contributed by atoms with Crippen LogP contribution in [0.4, 0.5) is 0 Å². The molecular weight excluding hydrogens is 342 g/mol. The number of aromatic amines is 1. The van der Waals surface area contributed by atoms with E-state index in [1.54, 1.807) is 12.1 Å². The molecule has 4 aromatic rings. The van der Waals surface area contributed by atoms with E-state index < -0.39 is 5.97 Å². The maximum absolute atomic E-state index is 11.2. The number of H-pyrrole nitrogens is 1. The van der Waals surface area contributed by atoms with Crippen LogP contribution < -0.4 is 0 Å². The summed E-state index contributed by atoms with van der Waals surface area (Å²) in [7, 11) is 0. The molecule has 6 nitrogen and oxygen atoms in total. The Hall–Kier alpha value is -3.93. The minimum absolute atomic E-state index is 0.205. The maximum atomic E-state index is 11.2. The molecule has 130 valence electrons. The molecule has 0 saturated heterocycles. The molecule has 0 radical (unpaired) electrons. The lowest BCUT2D eigenvalue weighted by molar-refractivity contribution is 0.0697. The summed E-state index contributed by atoms with van der Waals surface area (Å²) >= 11 is 0. The molecule has 6 heteroatoms. The molecule has 3 aromatic carbocycles. The van der Waals surface area contributed by atoms with E-state index in [1.165, 1.54) is 6.07 Å². The van der Waals surface area contributed by atoms with Crippen LogP contribution in [0.5, 0.6) is 0 Å². The van der Waals surface area contributed by atoms with E-state index in [0.717, 1.165) is 27.8 Å². The molecule has 0 spiro atoms. The van der Waals surface area contributed by atoms with Crippen LogP contribution >= 0.6 is 0 Å². The predicted octanol–water partition coefficient (Wildman–Crippen LogP) is 4.14. The quantitative estimate of drug-likeness (QED) is 0.327. The van der Waals surface area contributed by atoms with Gasteiger partial charge in [-0.25, -0.2) is 9.78 Å². The molecule has 0 atom stereocenters. The zero-order valence-corrected chi connectivity index (χ0v) is 14.0. The van der Waals surface area contributed by atoms with Crippen molar-refractivity contribution in [3.05, 3.63) is 77.4 Å². The molecule has 3 N–H and O–H groups in total. The molecule has 0 bridgehead atoms. The number of carbonyl (C=O) groups is 1. The third-order valence-corrected chi connectivity index (χ3v) is 4.86. The summed E-state index contributed by atoms with van der Waals surface area (Å²) in [5, 5.41) is 22.2. The van der Waals surface area contributed by atoms with Crippen LogP contribution in [0, 0.1) is 0 Å². The first kappa shape index (κ1) is 15.3. The number of aromatic carboxylic acids is 1. The van der Waals surface area contributed by atoms with Crippen molar-refractivity contribution in [1.29, 1.82) is 0 Å². The maximum Gasteiger partial charge on any atom is 0.335 e. The highest BCUT2D eigenvalue weighted by Crippen LogP contribution is 2.42. The molecule has 0 unspecified atom stereocenters. The predicted molar refractivity (Wildman–Crippen MR) is 101 cm³/mol. The minimum atomic E-state index is -0.980. The first-order valence-corrected chi connectivity index (χ1v) is 8.36. The highest BCUT2D eigenvalue weighted by molar-refractivity contribution is 6.26. The molecule has 5 rings (SSSR count). The SMILES string of the molecule is O=C(O)c1ccc2nc(-c3cccc4c3-c3ccccc3C4=NO)[nH]c2c1. The smallest absolute Gasteiger partial charge is 0.335 e. The molecule has 0 saturated carbocycles. The Morgan fingerprint density at radius 1 is 0.926 bits per heavy atom. The molecular formula is C21H13N3O3. The molecule has 0 aliphatic heterocycles. The van der Waals surface area contributed by atoms with Crippen molar-refractivity contribution in [2.75, 3.05) is 0 Å². The lowest BCUT2D eigenvalue weighted by Gasteiger charge is -2.06. The summed E-state index contributed by atoms with van der Waals surface area (Å²) in [6.07, 6.45) is 0. The summed E-state index contributed by atoms with van der Waals surface area (Å²) in [4.78, 5) is 19.1. The van der Waals surface area contributed by atoms with Crippen molar-refractivity contribution in [1.82, 2.24) is 9.97 Å². The third kappa shape index (κ3) is 2.17. The third-order valence-electron chi connectivity index (χ3n) is 4.86. The number of imidazole rings is 1. The lowest BCUT2D eigenvalue weighted by atomic mass is 9.99. The normalized spacial score (nSPS) is 13.7. The van der Waals surface area contributed by atoms with Gasteiger partial charge in [-0.1, -0.05) is 47.6 Å². The zero-order valence-electron chi connectivity index (χ0n) is 14.0. The fraction of sp³-hybridized carbons (Fsp3) is 0. The van der Waals surface area contributed by atoms with Gasteiger partial charge in [-0.15, -0.1) is 0 Å². The van der Waals surface area contributed by atoms with Crippen LogP contribution in [-0.2, 0) is 0 Å². The average molecular weight is 355 g/mol.